The Bertz CT molecular complexity index is 758. The number of aromatic nitrogens is 3. The SMILES string of the molecule is Cc1cc(CNc2cccc3c(C)nccc23)n(C)n1. The molecule has 3 rings (SSSR count). The van der Waals surface area contributed by atoms with Crippen LogP contribution in [0.4, 0.5) is 5.69 Å². The maximum absolute atomic E-state index is 4.37. The summed E-state index contributed by atoms with van der Waals surface area (Å²) in [6.45, 7) is 4.81. The largest absolute Gasteiger partial charge is 0.379 e. The van der Waals surface area contributed by atoms with Crippen molar-refractivity contribution in [3.8, 4) is 0 Å². The van der Waals surface area contributed by atoms with Crippen molar-refractivity contribution in [3.05, 3.63) is 53.6 Å². The van der Waals surface area contributed by atoms with E-state index in [-0.39, 0.29) is 0 Å². The molecule has 0 amide bonds. The molecule has 0 aliphatic rings. The zero-order chi connectivity index (χ0) is 14.1. The quantitative estimate of drug-likeness (QED) is 0.791. The molecule has 3 aromatic rings. The molecule has 0 aliphatic heterocycles. The summed E-state index contributed by atoms with van der Waals surface area (Å²) in [6.07, 6.45) is 1.86. The van der Waals surface area contributed by atoms with Gasteiger partial charge in [0.05, 0.1) is 17.9 Å². The lowest BCUT2D eigenvalue weighted by atomic mass is 10.1. The topological polar surface area (TPSA) is 42.7 Å². The van der Waals surface area contributed by atoms with E-state index in [1.165, 1.54) is 16.5 Å². The van der Waals surface area contributed by atoms with Crippen molar-refractivity contribution < 1.29 is 0 Å². The fraction of sp³-hybridized carbons (Fsp3) is 0.250. The van der Waals surface area contributed by atoms with Crippen LogP contribution < -0.4 is 5.32 Å². The molecule has 0 radical (unpaired) electrons. The van der Waals surface area contributed by atoms with Gasteiger partial charge in [0, 0.05) is 35.4 Å². The van der Waals surface area contributed by atoms with Gasteiger partial charge in [0.1, 0.15) is 0 Å². The molecule has 0 aliphatic carbocycles. The highest BCUT2D eigenvalue weighted by Crippen LogP contribution is 2.25. The molecule has 2 heterocycles. The Morgan fingerprint density at radius 3 is 2.75 bits per heavy atom. The fourth-order valence-corrected chi connectivity index (χ4v) is 2.52. The zero-order valence-electron chi connectivity index (χ0n) is 12.0. The Balaban J connectivity index is 1.92. The van der Waals surface area contributed by atoms with Crippen LogP contribution in [0.3, 0.4) is 0 Å². The molecule has 4 heteroatoms. The number of aryl methyl sites for hydroxylation is 3. The monoisotopic (exact) mass is 266 g/mol. The standard InChI is InChI=1S/C16H18N4/c1-11-9-13(20(3)19-11)10-18-16-6-4-5-14-12(2)17-8-7-15(14)16/h4-9,18H,10H2,1-3H3. The second-order valence-corrected chi connectivity index (χ2v) is 5.05. The number of anilines is 1. The highest BCUT2D eigenvalue weighted by molar-refractivity contribution is 5.94. The minimum Gasteiger partial charge on any atom is -0.379 e. The maximum atomic E-state index is 4.37. The molecule has 0 saturated heterocycles. The number of benzene rings is 1. The Hall–Kier alpha value is -2.36. The van der Waals surface area contributed by atoms with Crippen LogP contribution in [0, 0.1) is 13.8 Å². The predicted molar refractivity (Wildman–Crippen MR) is 81.8 cm³/mol. The van der Waals surface area contributed by atoms with Gasteiger partial charge in [0.15, 0.2) is 0 Å². The lowest BCUT2D eigenvalue weighted by molar-refractivity contribution is 0.713. The summed E-state index contributed by atoms with van der Waals surface area (Å²) in [6, 6.07) is 10.4. The number of nitrogens with one attached hydrogen (secondary N) is 1. The van der Waals surface area contributed by atoms with Crippen molar-refractivity contribution in [2.75, 3.05) is 5.32 Å². The van der Waals surface area contributed by atoms with Crippen molar-refractivity contribution >= 4 is 16.5 Å². The second-order valence-electron chi connectivity index (χ2n) is 5.05. The van der Waals surface area contributed by atoms with Gasteiger partial charge in [-0.2, -0.15) is 5.10 Å². The lowest BCUT2D eigenvalue weighted by Gasteiger charge is -2.10. The average Bonchev–Trinajstić information content (AvgIpc) is 2.75. The molecule has 1 aromatic carbocycles. The summed E-state index contributed by atoms with van der Waals surface area (Å²) in [7, 11) is 1.97. The summed E-state index contributed by atoms with van der Waals surface area (Å²) in [4.78, 5) is 4.34. The Morgan fingerprint density at radius 1 is 1.15 bits per heavy atom. The Kier molecular flexibility index (Phi) is 3.14. The van der Waals surface area contributed by atoms with Crippen LogP contribution >= 0.6 is 0 Å². The summed E-state index contributed by atoms with van der Waals surface area (Å²) in [5.41, 5.74) is 4.40. The number of rotatable bonds is 3. The third kappa shape index (κ3) is 2.25. The van der Waals surface area contributed by atoms with Crippen molar-refractivity contribution in [1.29, 1.82) is 0 Å². The smallest absolute Gasteiger partial charge is 0.0597 e. The van der Waals surface area contributed by atoms with Crippen molar-refractivity contribution in [2.45, 2.75) is 20.4 Å². The average molecular weight is 266 g/mol. The molecular weight excluding hydrogens is 248 g/mol. The normalized spacial score (nSPS) is 10.9. The van der Waals surface area contributed by atoms with E-state index in [0.29, 0.717) is 0 Å². The molecule has 0 atom stereocenters. The van der Waals surface area contributed by atoms with E-state index in [0.717, 1.165) is 23.6 Å². The number of fused-ring (bicyclic) bond motifs is 1. The molecule has 0 spiro atoms. The minimum absolute atomic E-state index is 0.762. The first-order valence-electron chi connectivity index (χ1n) is 6.73. The molecular formula is C16H18N4. The van der Waals surface area contributed by atoms with E-state index in [1.54, 1.807) is 0 Å². The van der Waals surface area contributed by atoms with Gasteiger partial charge in [-0.05, 0) is 32.0 Å². The van der Waals surface area contributed by atoms with Gasteiger partial charge in [-0.3, -0.25) is 9.67 Å². The summed E-state index contributed by atoms with van der Waals surface area (Å²) < 4.78 is 1.92. The number of hydrogen-bond acceptors (Lipinski definition) is 3. The van der Waals surface area contributed by atoms with Gasteiger partial charge in [-0.15, -0.1) is 0 Å². The first-order chi connectivity index (χ1) is 9.65. The summed E-state index contributed by atoms with van der Waals surface area (Å²) in [5.74, 6) is 0. The number of pyridine rings is 1. The fourth-order valence-electron chi connectivity index (χ4n) is 2.52. The first-order valence-corrected chi connectivity index (χ1v) is 6.73. The van der Waals surface area contributed by atoms with E-state index in [4.69, 9.17) is 0 Å². The molecule has 0 unspecified atom stereocenters. The van der Waals surface area contributed by atoms with E-state index in [2.05, 4.69) is 45.7 Å². The summed E-state index contributed by atoms with van der Waals surface area (Å²) >= 11 is 0. The third-order valence-corrected chi connectivity index (χ3v) is 3.56. The maximum Gasteiger partial charge on any atom is 0.0597 e. The van der Waals surface area contributed by atoms with Gasteiger partial charge < -0.3 is 5.32 Å². The van der Waals surface area contributed by atoms with Gasteiger partial charge in [-0.1, -0.05) is 12.1 Å². The summed E-state index contributed by atoms with van der Waals surface area (Å²) in [5, 5.41) is 10.3. The minimum atomic E-state index is 0.762. The first kappa shape index (κ1) is 12.7. The van der Waals surface area contributed by atoms with Gasteiger partial charge in [0.2, 0.25) is 0 Å². The van der Waals surface area contributed by atoms with Gasteiger partial charge in [-0.25, -0.2) is 0 Å². The van der Waals surface area contributed by atoms with Crippen molar-refractivity contribution in [1.82, 2.24) is 14.8 Å². The van der Waals surface area contributed by atoms with Crippen molar-refractivity contribution in [3.63, 3.8) is 0 Å². The van der Waals surface area contributed by atoms with E-state index in [9.17, 15) is 0 Å². The predicted octanol–water partition coefficient (Wildman–Crippen LogP) is 3.20. The van der Waals surface area contributed by atoms with Gasteiger partial charge >= 0.3 is 0 Å². The van der Waals surface area contributed by atoms with E-state index >= 15 is 0 Å². The van der Waals surface area contributed by atoms with Crippen LogP contribution in [-0.2, 0) is 13.6 Å². The molecule has 2 aromatic heterocycles. The second kappa shape index (κ2) is 4.96. The molecule has 20 heavy (non-hydrogen) atoms. The van der Waals surface area contributed by atoms with Crippen LogP contribution in [-0.4, -0.2) is 14.8 Å². The molecule has 0 bridgehead atoms. The van der Waals surface area contributed by atoms with Crippen molar-refractivity contribution in [2.24, 2.45) is 7.05 Å². The third-order valence-electron chi connectivity index (χ3n) is 3.56. The van der Waals surface area contributed by atoms with Crippen LogP contribution in [0.15, 0.2) is 36.5 Å². The number of nitrogens with zero attached hydrogens (tertiary/aromatic N) is 3. The Morgan fingerprint density at radius 2 is 2.00 bits per heavy atom. The van der Waals surface area contributed by atoms with Crippen LogP contribution in [0.1, 0.15) is 17.1 Å². The highest BCUT2D eigenvalue weighted by Gasteiger charge is 2.05. The van der Waals surface area contributed by atoms with Crippen LogP contribution in [0.5, 0.6) is 0 Å². The van der Waals surface area contributed by atoms with Gasteiger partial charge in [0.25, 0.3) is 0 Å². The Labute approximate surface area is 118 Å². The molecule has 1 N–H and O–H groups in total. The van der Waals surface area contributed by atoms with E-state index in [1.807, 2.05) is 31.8 Å². The van der Waals surface area contributed by atoms with Crippen LogP contribution in [0.2, 0.25) is 0 Å². The zero-order valence-corrected chi connectivity index (χ0v) is 12.0. The highest BCUT2D eigenvalue weighted by atomic mass is 15.3. The molecule has 102 valence electrons. The van der Waals surface area contributed by atoms with E-state index < -0.39 is 0 Å². The van der Waals surface area contributed by atoms with Crippen LogP contribution in [0.25, 0.3) is 10.8 Å². The molecule has 0 fully saturated rings. The molecule has 0 saturated carbocycles. The molecule has 4 nitrogen and oxygen atoms in total. The number of hydrogen-bond donors (Lipinski definition) is 1. The lowest BCUT2D eigenvalue weighted by Crippen LogP contribution is -2.05.